The highest BCUT2D eigenvalue weighted by atomic mass is 35.5. The van der Waals surface area contributed by atoms with Gasteiger partial charge < -0.3 is 9.32 Å². The zero-order chi connectivity index (χ0) is 19.2. The summed E-state index contributed by atoms with van der Waals surface area (Å²) in [4.78, 5) is 15.0. The molecule has 142 valence electrons. The number of amides is 1. The minimum absolute atomic E-state index is 0.0466. The molecule has 0 aliphatic carbocycles. The first-order chi connectivity index (χ1) is 12.8. The van der Waals surface area contributed by atoms with Gasteiger partial charge in [0.15, 0.2) is 9.84 Å². The lowest BCUT2D eigenvalue weighted by atomic mass is 10.2. The number of carbonyl (C=O) groups excluding carboxylic acids is 1. The summed E-state index contributed by atoms with van der Waals surface area (Å²) < 4.78 is 43.3. The van der Waals surface area contributed by atoms with Gasteiger partial charge in [0.25, 0.3) is 5.91 Å². The Labute approximate surface area is 164 Å². The molecule has 1 fully saturated rings. The summed E-state index contributed by atoms with van der Waals surface area (Å²) in [6.07, 6.45) is 1.87. The number of thiophene rings is 1. The molecule has 0 N–H and O–H groups in total. The van der Waals surface area contributed by atoms with Crippen molar-refractivity contribution in [2.24, 2.45) is 0 Å². The fourth-order valence-electron chi connectivity index (χ4n) is 3.27. The lowest BCUT2D eigenvalue weighted by molar-refractivity contribution is 0.0671. The molecule has 4 rings (SSSR count). The fraction of sp³-hybridized carbons (Fsp3) is 0.278. The van der Waals surface area contributed by atoms with Crippen molar-refractivity contribution in [3.05, 3.63) is 58.1 Å². The molecular formula is C18H15ClFNO4S2. The predicted octanol–water partition coefficient (Wildman–Crippen LogP) is 4.12. The summed E-state index contributed by atoms with van der Waals surface area (Å²) in [6, 6.07) is 7.14. The highest BCUT2D eigenvalue weighted by Crippen LogP contribution is 2.37. The van der Waals surface area contributed by atoms with Gasteiger partial charge in [-0.05, 0) is 36.8 Å². The van der Waals surface area contributed by atoms with Crippen molar-refractivity contribution in [3.8, 4) is 0 Å². The van der Waals surface area contributed by atoms with E-state index in [0.717, 1.165) is 11.3 Å². The van der Waals surface area contributed by atoms with Crippen LogP contribution in [0, 0.1) is 5.82 Å². The SMILES string of the molecule is O=C(c1sc2cc(F)ccc2c1Cl)N(Cc1ccco1)[C@@H]1CCS(=O)(=O)C1. The van der Waals surface area contributed by atoms with Crippen LogP contribution in [0.2, 0.25) is 5.02 Å². The molecule has 1 saturated heterocycles. The van der Waals surface area contributed by atoms with Crippen LogP contribution in [0.1, 0.15) is 21.9 Å². The first kappa shape index (κ1) is 18.5. The molecule has 0 radical (unpaired) electrons. The molecule has 2 aromatic heterocycles. The Morgan fingerprint density at radius 1 is 1.37 bits per heavy atom. The Balaban J connectivity index is 1.73. The zero-order valence-electron chi connectivity index (χ0n) is 14.0. The topological polar surface area (TPSA) is 67.6 Å². The highest BCUT2D eigenvalue weighted by molar-refractivity contribution is 7.91. The van der Waals surface area contributed by atoms with E-state index >= 15 is 0 Å². The van der Waals surface area contributed by atoms with Gasteiger partial charge in [-0.1, -0.05) is 11.6 Å². The normalized spacial score (nSPS) is 18.8. The van der Waals surface area contributed by atoms with Gasteiger partial charge in [0.1, 0.15) is 16.5 Å². The number of rotatable bonds is 4. The van der Waals surface area contributed by atoms with Crippen LogP contribution < -0.4 is 0 Å². The molecule has 1 aromatic carbocycles. The van der Waals surface area contributed by atoms with Crippen molar-refractivity contribution < 1.29 is 22.0 Å². The predicted molar refractivity (Wildman–Crippen MR) is 102 cm³/mol. The summed E-state index contributed by atoms with van der Waals surface area (Å²) in [5.74, 6) is -0.272. The number of hydrogen-bond donors (Lipinski definition) is 0. The Hall–Kier alpha value is -1.90. The molecule has 0 bridgehead atoms. The summed E-state index contributed by atoms with van der Waals surface area (Å²) in [5, 5.41) is 0.855. The lowest BCUT2D eigenvalue weighted by Crippen LogP contribution is -2.40. The Kier molecular flexibility index (Phi) is 4.73. The molecule has 1 amide bonds. The Bertz CT molecular complexity index is 1110. The number of furan rings is 1. The third-order valence-electron chi connectivity index (χ3n) is 4.60. The van der Waals surface area contributed by atoms with Crippen molar-refractivity contribution in [2.45, 2.75) is 19.0 Å². The van der Waals surface area contributed by atoms with Crippen LogP contribution in [0.4, 0.5) is 4.39 Å². The number of benzene rings is 1. The summed E-state index contributed by atoms with van der Waals surface area (Å²) in [5.41, 5.74) is 0. The molecule has 5 nitrogen and oxygen atoms in total. The van der Waals surface area contributed by atoms with Gasteiger partial charge in [-0.2, -0.15) is 0 Å². The van der Waals surface area contributed by atoms with Crippen LogP contribution in [-0.4, -0.2) is 36.8 Å². The van der Waals surface area contributed by atoms with Gasteiger partial charge in [0, 0.05) is 16.1 Å². The Morgan fingerprint density at radius 2 is 2.19 bits per heavy atom. The third-order valence-corrected chi connectivity index (χ3v) is 8.00. The number of halogens is 2. The van der Waals surface area contributed by atoms with Crippen molar-refractivity contribution in [1.82, 2.24) is 4.90 Å². The van der Waals surface area contributed by atoms with Gasteiger partial charge >= 0.3 is 0 Å². The molecule has 9 heteroatoms. The van der Waals surface area contributed by atoms with Crippen molar-refractivity contribution in [1.29, 1.82) is 0 Å². The zero-order valence-corrected chi connectivity index (χ0v) is 16.4. The Morgan fingerprint density at radius 3 is 2.85 bits per heavy atom. The number of hydrogen-bond acceptors (Lipinski definition) is 5. The van der Waals surface area contributed by atoms with Crippen molar-refractivity contribution in [2.75, 3.05) is 11.5 Å². The standard InChI is InChI=1S/C18H15ClFNO4S2/c19-16-14-4-3-11(20)8-15(14)26-17(16)18(22)21(9-13-2-1-6-25-13)12-5-7-27(23,24)10-12/h1-4,6,8,12H,5,7,9-10H2/t12-/m1/s1. The second-order valence-corrected chi connectivity index (χ2v) is 10.1. The second kappa shape index (κ2) is 6.92. The first-order valence-electron chi connectivity index (χ1n) is 8.25. The van der Waals surface area contributed by atoms with E-state index in [0.29, 0.717) is 22.3 Å². The monoisotopic (exact) mass is 427 g/mol. The average molecular weight is 428 g/mol. The van der Waals surface area contributed by atoms with E-state index in [4.69, 9.17) is 16.0 Å². The van der Waals surface area contributed by atoms with Crippen molar-refractivity contribution >= 4 is 48.8 Å². The number of fused-ring (bicyclic) bond motifs is 1. The van der Waals surface area contributed by atoms with Crippen LogP contribution in [0.25, 0.3) is 10.1 Å². The number of nitrogens with zero attached hydrogens (tertiary/aromatic N) is 1. The minimum atomic E-state index is -3.18. The molecule has 0 saturated carbocycles. The van der Waals surface area contributed by atoms with E-state index in [1.54, 1.807) is 12.1 Å². The lowest BCUT2D eigenvalue weighted by Gasteiger charge is -2.27. The number of carbonyl (C=O) groups is 1. The van der Waals surface area contributed by atoms with Crippen molar-refractivity contribution in [3.63, 3.8) is 0 Å². The van der Waals surface area contributed by atoms with E-state index < -0.39 is 21.7 Å². The van der Waals surface area contributed by atoms with E-state index in [1.165, 1.54) is 29.4 Å². The summed E-state index contributed by atoms with van der Waals surface area (Å²) >= 11 is 7.49. The molecule has 1 aliphatic rings. The average Bonchev–Trinajstić information content (AvgIpc) is 3.32. The summed E-state index contributed by atoms with van der Waals surface area (Å²) in [7, 11) is -3.18. The van der Waals surface area contributed by atoms with Gasteiger partial charge in [0.05, 0.1) is 29.3 Å². The van der Waals surface area contributed by atoms with Crippen LogP contribution in [0.15, 0.2) is 41.0 Å². The quantitative estimate of drug-likeness (QED) is 0.628. The molecule has 3 aromatic rings. The smallest absolute Gasteiger partial charge is 0.266 e. The molecule has 1 aliphatic heterocycles. The van der Waals surface area contributed by atoms with E-state index in [-0.39, 0.29) is 33.9 Å². The maximum atomic E-state index is 13.5. The van der Waals surface area contributed by atoms with Gasteiger partial charge in [-0.25, -0.2) is 12.8 Å². The maximum Gasteiger partial charge on any atom is 0.266 e. The second-order valence-electron chi connectivity index (χ2n) is 6.45. The molecule has 27 heavy (non-hydrogen) atoms. The minimum Gasteiger partial charge on any atom is -0.467 e. The van der Waals surface area contributed by atoms with Crippen LogP contribution in [0.3, 0.4) is 0 Å². The number of sulfone groups is 1. The van der Waals surface area contributed by atoms with E-state index in [9.17, 15) is 17.6 Å². The molecule has 3 heterocycles. The highest BCUT2D eigenvalue weighted by Gasteiger charge is 2.36. The largest absolute Gasteiger partial charge is 0.467 e. The van der Waals surface area contributed by atoms with Crippen LogP contribution >= 0.6 is 22.9 Å². The fourth-order valence-corrected chi connectivity index (χ4v) is 6.49. The first-order valence-corrected chi connectivity index (χ1v) is 11.3. The third kappa shape index (κ3) is 3.61. The van der Waals surface area contributed by atoms with Gasteiger partial charge in [-0.3, -0.25) is 4.79 Å². The van der Waals surface area contributed by atoms with Gasteiger partial charge in [-0.15, -0.1) is 11.3 Å². The molecule has 0 spiro atoms. The summed E-state index contributed by atoms with van der Waals surface area (Å²) in [6.45, 7) is 0.144. The van der Waals surface area contributed by atoms with Gasteiger partial charge in [0.2, 0.25) is 0 Å². The molecule has 0 unspecified atom stereocenters. The van der Waals surface area contributed by atoms with Crippen LogP contribution in [-0.2, 0) is 16.4 Å². The van der Waals surface area contributed by atoms with Crippen LogP contribution in [0.5, 0.6) is 0 Å². The van der Waals surface area contributed by atoms with E-state index in [1.807, 2.05) is 0 Å². The van der Waals surface area contributed by atoms with E-state index in [2.05, 4.69) is 0 Å². The molecule has 1 atom stereocenters. The molecular weight excluding hydrogens is 413 g/mol. The maximum absolute atomic E-state index is 13.5.